The lowest BCUT2D eigenvalue weighted by atomic mass is 10.1. The van der Waals surface area contributed by atoms with Crippen LogP contribution in [-0.4, -0.2) is 12.6 Å². The Morgan fingerprint density at radius 3 is 2.52 bits per heavy atom. The number of para-hydroxylation sites is 1. The van der Waals surface area contributed by atoms with Gasteiger partial charge in [-0.2, -0.15) is 0 Å². The van der Waals surface area contributed by atoms with Crippen LogP contribution in [0, 0.1) is 0 Å². The molecule has 0 aliphatic heterocycles. The molecule has 1 heterocycles. The molecule has 0 aliphatic rings. The highest BCUT2D eigenvalue weighted by atomic mass is 32.1. The van der Waals surface area contributed by atoms with Gasteiger partial charge >= 0.3 is 6.09 Å². The molecule has 146 valence electrons. The molecule has 5 heteroatoms. The Morgan fingerprint density at radius 1 is 0.897 bits per heavy atom. The van der Waals surface area contributed by atoms with Crippen LogP contribution in [0.3, 0.4) is 0 Å². The average Bonchev–Trinajstić information content (AvgIpc) is 3.29. The van der Waals surface area contributed by atoms with E-state index < -0.39 is 6.09 Å². The zero-order chi connectivity index (χ0) is 19.9. The number of carbonyl (C=O) groups excluding carboxylic acids is 1. The molecule has 0 spiro atoms. The Bertz CT molecular complexity index is 1060. The van der Waals surface area contributed by atoms with Crippen LogP contribution in [0.2, 0.25) is 0 Å². The van der Waals surface area contributed by atoms with Gasteiger partial charge in [0.2, 0.25) is 0 Å². The molecule has 0 radical (unpaired) electrons. The molecule has 4 aromatic rings. The van der Waals surface area contributed by atoms with E-state index in [0.717, 1.165) is 21.4 Å². The van der Waals surface area contributed by atoms with Crippen LogP contribution in [-0.2, 0) is 0 Å². The normalized spacial score (nSPS) is 11.7. The van der Waals surface area contributed by atoms with Crippen molar-refractivity contribution in [2.45, 2.75) is 12.5 Å². The Kier molecular flexibility index (Phi) is 6.07. The fourth-order valence-electron chi connectivity index (χ4n) is 3.12. The Hall–Kier alpha value is -3.31. The highest BCUT2D eigenvalue weighted by Gasteiger charge is 2.17. The number of amides is 1. The van der Waals surface area contributed by atoms with Crippen LogP contribution in [0.4, 0.5) is 4.79 Å². The second kappa shape index (κ2) is 9.26. The van der Waals surface area contributed by atoms with Gasteiger partial charge in [-0.1, -0.05) is 60.7 Å². The molecular formula is C24H21NO3S. The maximum Gasteiger partial charge on any atom is 0.412 e. The van der Waals surface area contributed by atoms with E-state index in [-0.39, 0.29) is 6.10 Å². The fraction of sp³-hybridized carbons (Fsp3) is 0.125. The van der Waals surface area contributed by atoms with E-state index >= 15 is 0 Å². The summed E-state index contributed by atoms with van der Waals surface area (Å²) in [4.78, 5) is 13.2. The van der Waals surface area contributed by atoms with E-state index in [4.69, 9.17) is 9.47 Å². The van der Waals surface area contributed by atoms with Crippen molar-refractivity contribution in [3.63, 3.8) is 0 Å². The first-order chi connectivity index (χ1) is 14.3. The van der Waals surface area contributed by atoms with Crippen molar-refractivity contribution in [3.8, 4) is 11.5 Å². The number of hydrogen-bond acceptors (Lipinski definition) is 4. The summed E-state index contributed by atoms with van der Waals surface area (Å²) in [5.41, 5.74) is 0. The first-order valence-electron chi connectivity index (χ1n) is 9.48. The Labute approximate surface area is 173 Å². The number of ether oxygens (including phenoxy) is 2. The maximum absolute atomic E-state index is 12.0. The molecule has 1 N–H and O–H groups in total. The van der Waals surface area contributed by atoms with Crippen molar-refractivity contribution in [1.29, 1.82) is 0 Å². The molecule has 4 nitrogen and oxygen atoms in total. The van der Waals surface area contributed by atoms with Crippen molar-refractivity contribution in [2.24, 2.45) is 0 Å². The quantitative estimate of drug-likeness (QED) is 0.400. The van der Waals surface area contributed by atoms with Crippen LogP contribution in [0.15, 0.2) is 90.3 Å². The third kappa shape index (κ3) is 4.95. The van der Waals surface area contributed by atoms with Crippen molar-refractivity contribution in [1.82, 2.24) is 5.32 Å². The molecular weight excluding hydrogens is 382 g/mol. The summed E-state index contributed by atoms with van der Waals surface area (Å²) >= 11 is 1.65. The summed E-state index contributed by atoms with van der Waals surface area (Å²) < 4.78 is 11.7. The number of nitrogens with one attached hydrogen (secondary N) is 1. The number of rotatable bonds is 7. The summed E-state index contributed by atoms with van der Waals surface area (Å²) in [7, 11) is 0. The molecule has 0 fully saturated rings. The summed E-state index contributed by atoms with van der Waals surface area (Å²) in [6, 6.07) is 27.3. The minimum Gasteiger partial charge on any atom is -0.484 e. The van der Waals surface area contributed by atoms with E-state index in [1.165, 1.54) is 0 Å². The summed E-state index contributed by atoms with van der Waals surface area (Å²) in [5.74, 6) is 1.36. The number of fused-ring (bicyclic) bond motifs is 1. The lowest BCUT2D eigenvalue weighted by molar-refractivity contribution is 0.186. The Morgan fingerprint density at radius 2 is 1.69 bits per heavy atom. The third-order valence-electron chi connectivity index (χ3n) is 4.51. The minimum absolute atomic E-state index is 0.155. The molecule has 3 aromatic carbocycles. The van der Waals surface area contributed by atoms with Gasteiger partial charge in [0.05, 0.1) is 0 Å². The number of hydrogen-bond donors (Lipinski definition) is 1. The van der Waals surface area contributed by atoms with Crippen LogP contribution in [0.25, 0.3) is 10.8 Å². The number of carbonyl (C=O) groups is 1. The Balaban J connectivity index is 1.42. The van der Waals surface area contributed by atoms with Crippen molar-refractivity contribution >= 4 is 28.2 Å². The van der Waals surface area contributed by atoms with Gasteiger partial charge in [0.25, 0.3) is 0 Å². The van der Waals surface area contributed by atoms with E-state index in [0.29, 0.717) is 18.7 Å². The van der Waals surface area contributed by atoms with Gasteiger partial charge < -0.3 is 14.8 Å². The zero-order valence-corrected chi connectivity index (χ0v) is 16.6. The molecule has 0 bridgehead atoms. The molecule has 0 unspecified atom stereocenters. The van der Waals surface area contributed by atoms with Crippen molar-refractivity contribution < 1.29 is 14.3 Å². The summed E-state index contributed by atoms with van der Waals surface area (Å²) in [5, 5.41) is 7.06. The molecule has 4 rings (SSSR count). The molecule has 29 heavy (non-hydrogen) atoms. The van der Waals surface area contributed by atoms with Gasteiger partial charge in [-0.05, 0) is 35.0 Å². The van der Waals surface area contributed by atoms with Crippen LogP contribution in [0.1, 0.15) is 17.4 Å². The van der Waals surface area contributed by atoms with Crippen LogP contribution < -0.4 is 14.8 Å². The maximum atomic E-state index is 12.0. The van der Waals surface area contributed by atoms with Gasteiger partial charge in [-0.15, -0.1) is 11.3 Å². The van der Waals surface area contributed by atoms with E-state index in [9.17, 15) is 4.79 Å². The van der Waals surface area contributed by atoms with Crippen molar-refractivity contribution in [2.75, 3.05) is 6.54 Å². The second-order valence-electron chi connectivity index (χ2n) is 6.52. The minimum atomic E-state index is -0.466. The molecule has 0 aliphatic carbocycles. The van der Waals surface area contributed by atoms with E-state index in [1.54, 1.807) is 23.5 Å². The lowest BCUT2D eigenvalue weighted by Crippen LogP contribution is -2.29. The topological polar surface area (TPSA) is 47.6 Å². The monoisotopic (exact) mass is 403 g/mol. The summed E-state index contributed by atoms with van der Waals surface area (Å²) in [6.45, 7) is 0.443. The van der Waals surface area contributed by atoms with Crippen LogP contribution >= 0.6 is 11.3 Å². The van der Waals surface area contributed by atoms with E-state index in [1.807, 2.05) is 53.9 Å². The van der Waals surface area contributed by atoms with Gasteiger partial charge in [-0.25, -0.2) is 4.79 Å². The summed E-state index contributed by atoms with van der Waals surface area (Å²) in [6.07, 6.45) is 0.0114. The standard InChI is InChI=1S/C24H21NO3S/c26-24(27-19-10-2-1-3-11-19)25-16-15-22(23-14-7-17-29-23)28-21-13-6-9-18-8-4-5-12-20(18)21/h1-14,17,22H,15-16H2,(H,25,26)/t22-/m0/s1. The third-order valence-corrected chi connectivity index (χ3v) is 5.47. The highest BCUT2D eigenvalue weighted by Crippen LogP contribution is 2.32. The van der Waals surface area contributed by atoms with Gasteiger partial charge in [-0.3, -0.25) is 0 Å². The predicted octanol–water partition coefficient (Wildman–Crippen LogP) is 6.20. The predicted molar refractivity (Wildman–Crippen MR) is 117 cm³/mol. The lowest BCUT2D eigenvalue weighted by Gasteiger charge is -2.19. The number of thiophene rings is 1. The van der Waals surface area contributed by atoms with Gasteiger partial charge in [0, 0.05) is 23.2 Å². The highest BCUT2D eigenvalue weighted by molar-refractivity contribution is 7.10. The van der Waals surface area contributed by atoms with Crippen LogP contribution in [0.5, 0.6) is 11.5 Å². The van der Waals surface area contributed by atoms with E-state index in [2.05, 4.69) is 29.6 Å². The second-order valence-corrected chi connectivity index (χ2v) is 7.50. The first-order valence-corrected chi connectivity index (χ1v) is 10.4. The number of benzene rings is 3. The van der Waals surface area contributed by atoms with Crippen molar-refractivity contribution in [3.05, 3.63) is 95.2 Å². The van der Waals surface area contributed by atoms with Gasteiger partial charge in [0.1, 0.15) is 17.6 Å². The molecule has 1 amide bonds. The SMILES string of the molecule is O=C(NCC[C@H](Oc1cccc2ccccc12)c1cccs1)Oc1ccccc1. The smallest absolute Gasteiger partial charge is 0.412 e. The largest absolute Gasteiger partial charge is 0.484 e. The zero-order valence-electron chi connectivity index (χ0n) is 15.8. The first kappa shape index (κ1) is 19.0. The van der Waals surface area contributed by atoms with Gasteiger partial charge in [0.15, 0.2) is 0 Å². The fourth-order valence-corrected chi connectivity index (χ4v) is 3.91. The molecule has 0 saturated heterocycles. The molecule has 1 aromatic heterocycles. The molecule has 0 saturated carbocycles. The molecule has 1 atom stereocenters. The average molecular weight is 404 g/mol.